The van der Waals surface area contributed by atoms with Crippen LogP contribution < -0.4 is 4.72 Å². The topological polar surface area (TPSA) is 64.0 Å². The van der Waals surface area contributed by atoms with Gasteiger partial charge in [-0.05, 0) is 11.8 Å². The monoisotopic (exact) mass is 337 g/mol. The maximum atomic E-state index is 12.2. The molecule has 0 aromatic carbocycles. The van der Waals surface area contributed by atoms with Crippen LogP contribution >= 0.6 is 15.9 Å². The van der Waals surface area contributed by atoms with E-state index >= 15 is 0 Å². The Hall–Kier alpha value is -0.400. The van der Waals surface area contributed by atoms with Crippen LogP contribution in [0, 0.1) is 5.41 Å². The second kappa shape index (κ2) is 5.71. The molecule has 0 aliphatic rings. The predicted octanol–water partition coefficient (Wildman–Crippen LogP) is 1.90. The van der Waals surface area contributed by atoms with Gasteiger partial charge >= 0.3 is 0 Å². The predicted molar refractivity (Wildman–Crippen MR) is 75.2 cm³/mol. The summed E-state index contributed by atoms with van der Waals surface area (Å²) in [4.78, 5) is 0.203. The third kappa shape index (κ3) is 4.07. The molecule has 1 aromatic heterocycles. The van der Waals surface area contributed by atoms with Gasteiger partial charge in [0.25, 0.3) is 0 Å². The maximum Gasteiger partial charge on any atom is 0.243 e. The molecule has 0 saturated carbocycles. The molecule has 0 spiro atoms. The van der Waals surface area contributed by atoms with Crippen molar-refractivity contribution in [2.75, 3.05) is 5.33 Å². The van der Waals surface area contributed by atoms with E-state index in [0.717, 1.165) is 11.8 Å². The summed E-state index contributed by atoms with van der Waals surface area (Å²) in [7, 11) is -1.80. The molecule has 0 aliphatic carbocycles. The van der Waals surface area contributed by atoms with E-state index < -0.39 is 10.0 Å². The SMILES string of the molecule is Cn1cc(S(=O)(=O)NC(CCBr)C(C)(C)C)cn1. The molecular weight excluding hydrogens is 318 g/mol. The third-order valence-corrected chi connectivity index (χ3v) is 4.62. The molecule has 1 unspecified atom stereocenters. The van der Waals surface area contributed by atoms with Gasteiger partial charge < -0.3 is 0 Å². The van der Waals surface area contributed by atoms with E-state index in [0.29, 0.717) is 0 Å². The Morgan fingerprint density at radius 3 is 2.50 bits per heavy atom. The van der Waals surface area contributed by atoms with Gasteiger partial charge in [0.05, 0.1) is 6.20 Å². The Bertz CT molecular complexity index is 491. The van der Waals surface area contributed by atoms with Crippen LogP contribution in [0.3, 0.4) is 0 Å². The van der Waals surface area contributed by atoms with E-state index in [1.807, 2.05) is 20.8 Å². The van der Waals surface area contributed by atoms with E-state index in [2.05, 4.69) is 25.8 Å². The maximum absolute atomic E-state index is 12.2. The molecule has 104 valence electrons. The van der Waals surface area contributed by atoms with Gasteiger partial charge in [0.2, 0.25) is 10.0 Å². The van der Waals surface area contributed by atoms with Crippen LogP contribution in [0.5, 0.6) is 0 Å². The van der Waals surface area contributed by atoms with E-state index in [4.69, 9.17) is 0 Å². The molecule has 1 N–H and O–H groups in total. The summed E-state index contributed by atoms with van der Waals surface area (Å²) in [6.07, 6.45) is 3.59. The number of hydrogen-bond donors (Lipinski definition) is 1. The number of halogens is 1. The Kier molecular flexibility index (Phi) is 4.97. The fourth-order valence-electron chi connectivity index (χ4n) is 1.57. The molecule has 1 heterocycles. The zero-order valence-electron chi connectivity index (χ0n) is 11.1. The smallest absolute Gasteiger partial charge is 0.243 e. The van der Waals surface area contributed by atoms with Gasteiger partial charge in [0, 0.05) is 24.6 Å². The Morgan fingerprint density at radius 2 is 2.11 bits per heavy atom. The van der Waals surface area contributed by atoms with Crippen LogP contribution in [-0.4, -0.2) is 29.6 Å². The van der Waals surface area contributed by atoms with Gasteiger partial charge in [-0.25, -0.2) is 13.1 Å². The van der Waals surface area contributed by atoms with Crippen molar-refractivity contribution in [3.8, 4) is 0 Å². The van der Waals surface area contributed by atoms with Crippen LogP contribution in [0.4, 0.5) is 0 Å². The Morgan fingerprint density at radius 1 is 1.50 bits per heavy atom. The van der Waals surface area contributed by atoms with Gasteiger partial charge in [-0.1, -0.05) is 36.7 Å². The molecule has 1 atom stereocenters. The van der Waals surface area contributed by atoms with Crippen molar-refractivity contribution in [2.24, 2.45) is 12.5 Å². The first-order chi connectivity index (χ1) is 8.16. The number of sulfonamides is 1. The van der Waals surface area contributed by atoms with Crippen molar-refractivity contribution in [2.45, 2.75) is 38.1 Å². The van der Waals surface area contributed by atoms with Crippen LogP contribution in [-0.2, 0) is 17.1 Å². The molecular formula is C11H20BrN3O2S. The van der Waals surface area contributed by atoms with Crippen molar-refractivity contribution < 1.29 is 8.42 Å². The van der Waals surface area contributed by atoms with Gasteiger partial charge in [0.15, 0.2) is 0 Å². The lowest BCUT2D eigenvalue weighted by Crippen LogP contribution is -2.43. The molecule has 0 saturated heterocycles. The average Bonchev–Trinajstić information content (AvgIpc) is 2.63. The van der Waals surface area contributed by atoms with Crippen LogP contribution in [0.2, 0.25) is 0 Å². The van der Waals surface area contributed by atoms with Crippen molar-refractivity contribution in [3.63, 3.8) is 0 Å². The summed E-state index contributed by atoms with van der Waals surface area (Å²) in [6.45, 7) is 6.06. The summed E-state index contributed by atoms with van der Waals surface area (Å²) in [5.41, 5.74) is -0.136. The summed E-state index contributed by atoms with van der Waals surface area (Å²) in [5, 5.41) is 4.64. The van der Waals surface area contributed by atoms with E-state index in [1.54, 1.807) is 7.05 Å². The molecule has 0 amide bonds. The standard InChI is InChI=1S/C11H20BrN3O2S/c1-11(2,3)10(5-6-12)14-18(16,17)9-7-13-15(4)8-9/h7-8,10,14H,5-6H2,1-4H3. The minimum atomic E-state index is -3.50. The summed E-state index contributed by atoms with van der Waals surface area (Å²) >= 11 is 3.36. The van der Waals surface area contributed by atoms with Crippen molar-refractivity contribution in [1.29, 1.82) is 0 Å². The highest BCUT2D eigenvalue weighted by molar-refractivity contribution is 9.09. The van der Waals surface area contributed by atoms with E-state index in [1.165, 1.54) is 17.1 Å². The van der Waals surface area contributed by atoms with Gasteiger partial charge in [-0.3, -0.25) is 4.68 Å². The number of nitrogens with one attached hydrogen (secondary N) is 1. The number of nitrogens with zero attached hydrogens (tertiary/aromatic N) is 2. The van der Waals surface area contributed by atoms with Crippen LogP contribution in [0.15, 0.2) is 17.3 Å². The van der Waals surface area contributed by atoms with Gasteiger partial charge in [-0.15, -0.1) is 0 Å². The molecule has 0 fully saturated rings. The quantitative estimate of drug-likeness (QED) is 0.834. The largest absolute Gasteiger partial charge is 0.274 e. The molecule has 7 heteroatoms. The Labute approximate surface area is 117 Å². The second-order valence-corrected chi connectivity index (χ2v) is 7.87. The number of aryl methyl sites for hydroxylation is 1. The molecule has 0 radical (unpaired) electrons. The summed E-state index contributed by atoms with van der Waals surface area (Å²) in [5.74, 6) is 0. The summed E-state index contributed by atoms with van der Waals surface area (Å²) < 4.78 is 28.6. The lowest BCUT2D eigenvalue weighted by atomic mass is 9.86. The molecule has 1 rings (SSSR count). The van der Waals surface area contributed by atoms with Crippen LogP contribution in [0.25, 0.3) is 0 Å². The molecule has 18 heavy (non-hydrogen) atoms. The molecule has 0 bridgehead atoms. The van der Waals surface area contributed by atoms with Gasteiger partial charge in [-0.2, -0.15) is 5.10 Å². The van der Waals surface area contributed by atoms with Crippen molar-refractivity contribution in [3.05, 3.63) is 12.4 Å². The minimum absolute atomic E-state index is 0.123. The lowest BCUT2D eigenvalue weighted by molar-refractivity contribution is 0.293. The fraction of sp³-hybridized carbons (Fsp3) is 0.727. The highest BCUT2D eigenvalue weighted by Gasteiger charge is 2.29. The lowest BCUT2D eigenvalue weighted by Gasteiger charge is -2.30. The van der Waals surface area contributed by atoms with Gasteiger partial charge in [0.1, 0.15) is 4.90 Å². The normalized spacial score (nSPS) is 14.7. The van der Waals surface area contributed by atoms with E-state index in [-0.39, 0.29) is 16.4 Å². The first-order valence-electron chi connectivity index (χ1n) is 5.74. The number of rotatable bonds is 5. The average molecular weight is 338 g/mol. The van der Waals surface area contributed by atoms with Crippen molar-refractivity contribution >= 4 is 26.0 Å². The zero-order chi connectivity index (χ0) is 14.0. The number of aromatic nitrogens is 2. The molecule has 1 aromatic rings. The Balaban J connectivity index is 2.93. The number of alkyl halides is 1. The van der Waals surface area contributed by atoms with Crippen molar-refractivity contribution in [1.82, 2.24) is 14.5 Å². The minimum Gasteiger partial charge on any atom is -0.274 e. The highest BCUT2D eigenvalue weighted by atomic mass is 79.9. The highest BCUT2D eigenvalue weighted by Crippen LogP contribution is 2.24. The summed E-state index contributed by atoms with van der Waals surface area (Å²) in [6, 6.07) is -0.123. The third-order valence-electron chi connectivity index (χ3n) is 2.73. The van der Waals surface area contributed by atoms with Crippen LogP contribution in [0.1, 0.15) is 27.2 Å². The fourth-order valence-corrected chi connectivity index (χ4v) is 3.49. The first kappa shape index (κ1) is 15.7. The number of hydrogen-bond acceptors (Lipinski definition) is 3. The zero-order valence-corrected chi connectivity index (χ0v) is 13.5. The molecule has 5 nitrogen and oxygen atoms in total. The van der Waals surface area contributed by atoms with E-state index in [9.17, 15) is 8.42 Å². The molecule has 0 aliphatic heterocycles. The second-order valence-electron chi connectivity index (χ2n) is 5.37. The first-order valence-corrected chi connectivity index (χ1v) is 8.34.